The summed E-state index contributed by atoms with van der Waals surface area (Å²) in [6.07, 6.45) is 3.76. The van der Waals surface area contributed by atoms with Crippen molar-refractivity contribution in [3.8, 4) is 0 Å². The summed E-state index contributed by atoms with van der Waals surface area (Å²) in [5, 5.41) is 6.77. The summed E-state index contributed by atoms with van der Waals surface area (Å²) < 4.78 is 0. The fraction of sp³-hybridized carbons (Fsp3) is 0.727. The van der Waals surface area contributed by atoms with Crippen molar-refractivity contribution >= 4 is 16.5 Å². The zero-order valence-electron chi connectivity index (χ0n) is 9.13. The second-order valence-corrected chi connectivity index (χ2v) is 5.48. The van der Waals surface area contributed by atoms with E-state index in [0.29, 0.717) is 0 Å². The van der Waals surface area contributed by atoms with Crippen molar-refractivity contribution in [2.45, 2.75) is 45.6 Å². The quantitative estimate of drug-likeness (QED) is 0.824. The van der Waals surface area contributed by atoms with Gasteiger partial charge in [-0.1, -0.05) is 6.92 Å². The number of hydrogen-bond acceptors (Lipinski definition) is 3. The molecule has 1 fully saturated rings. The molecule has 3 heteroatoms. The molecule has 0 saturated heterocycles. The minimum atomic E-state index is 0.225. The van der Waals surface area contributed by atoms with E-state index in [2.05, 4.69) is 36.5 Å². The van der Waals surface area contributed by atoms with E-state index in [1.54, 1.807) is 11.3 Å². The Hall–Kier alpha value is -0.570. The molecule has 0 unspecified atom stereocenters. The lowest BCUT2D eigenvalue weighted by Gasteiger charge is -2.25. The van der Waals surface area contributed by atoms with Crippen LogP contribution >= 0.6 is 11.3 Å². The number of aryl methyl sites for hydroxylation is 1. The Morgan fingerprint density at radius 3 is 2.79 bits per heavy atom. The first-order valence-electron chi connectivity index (χ1n) is 5.34. The maximum Gasteiger partial charge on any atom is 0.183 e. The second kappa shape index (κ2) is 3.54. The lowest BCUT2D eigenvalue weighted by atomic mass is 9.99. The highest BCUT2D eigenvalue weighted by molar-refractivity contribution is 7.13. The predicted molar refractivity (Wildman–Crippen MR) is 61.9 cm³/mol. The highest BCUT2D eigenvalue weighted by Gasteiger charge is 2.38. The average Bonchev–Trinajstić information content (AvgIpc) is 2.89. The third kappa shape index (κ3) is 2.08. The Kier molecular flexibility index (Phi) is 2.52. The number of anilines is 1. The van der Waals surface area contributed by atoms with E-state index in [1.807, 2.05) is 0 Å². The van der Waals surface area contributed by atoms with Gasteiger partial charge >= 0.3 is 0 Å². The molecular formula is C11H18N2S. The maximum atomic E-state index is 4.53. The molecule has 2 nitrogen and oxygen atoms in total. The standard InChI is InChI=1S/C11H18N2S/c1-4-9-7-14-10(12-9)13-11(2,3)8-5-6-8/h7-8H,4-6H2,1-3H3,(H,12,13). The van der Waals surface area contributed by atoms with Crippen molar-refractivity contribution in [3.05, 3.63) is 11.1 Å². The van der Waals surface area contributed by atoms with Crippen LogP contribution < -0.4 is 5.32 Å². The first kappa shape index (κ1) is 9.97. The van der Waals surface area contributed by atoms with Gasteiger partial charge in [0.2, 0.25) is 0 Å². The van der Waals surface area contributed by atoms with Crippen LogP contribution in [0.2, 0.25) is 0 Å². The lowest BCUT2D eigenvalue weighted by molar-refractivity contribution is 0.494. The number of aromatic nitrogens is 1. The molecule has 0 radical (unpaired) electrons. The highest BCUT2D eigenvalue weighted by atomic mass is 32.1. The molecule has 1 aromatic heterocycles. The van der Waals surface area contributed by atoms with E-state index in [4.69, 9.17) is 0 Å². The van der Waals surface area contributed by atoms with Gasteiger partial charge in [-0.05, 0) is 39.0 Å². The van der Waals surface area contributed by atoms with Crippen LogP contribution in [-0.4, -0.2) is 10.5 Å². The highest BCUT2D eigenvalue weighted by Crippen LogP contribution is 2.41. The molecule has 1 N–H and O–H groups in total. The summed E-state index contributed by atoms with van der Waals surface area (Å²) in [5.74, 6) is 0.844. The Bertz CT molecular complexity index is 313. The van der Waals surface area contributed by atoms with Gasteiger partial charge in [-0.3, -0.25) is 0 Å². The lowest BCUT2D eigenvalue weighted by Crippen LogP contribution is -2.33. The van der Waals surface area contributed by atoms with Crippen molar-refractivity contribution in [1.29, 1.82) is 0 Å². The number of thiazole rings is 1. The van der Waals surface area contributed by atoms with Crippen LogP contribution in [0.3, 0.4) is 0 Å². The molecule has 0 atom stereocenters. The van der Waals surface area contributed by atoms with Gasteiger partial charge in [0.25, 0.3) is 0 Å². The summed E-state index contributed by atoms with van der Waals surface area (Å²) >= 11 is 1.72. The molecule has 1 heterocycles. The largest absolute Gasteiger partial charge is 0.356 e. The number of hydrogen-bond donors (Lipinski definition) is 1. The smallest absolute Gasteiger partial charge is 0.183 e. The van der Waals surface area contributed by atoms with Crippen molar-refractivity contribution in [2.75, 3.05) is 5.32 Å². The zero-order chi connectivity index (χ0) is 10.2. The Labute approximate surface area is 89.8 Å². The molecule has 0 aliphatic heterocycles. The molecule has 0 spiro atoms. The Morgan fingerprint density at radius 1 is 1.57 bits per heavy atom. The monoisotopic (exact) mass is 210 g/mol. The van der Waals surface area contributed by atoms with Crippen molar-refractivity contribution < 1.29 is 0 Å². The Morgan fingerprint density at radius 2 is 2.29 bits per heavy atom. The molecule has 0 bridgehead atoms. The third-order valence-electron chi connectivity index (χ3n) is 2.94. The van der Waals surface area contributed by atoms with E-state index in [-0.39, 0.29) is 5.54 Å². The summed E-state index contributed by atoms with van der Waals surface area (Å²) in [6.45, 7) is 6.69. The molecule has 0 amide bonds. The summed E-state index contributed by atoms with van der Waals surface area (Å²) in [7, 11) is 0. The summed E-state index contributed by atoms with van der Waals surface area (Å²) in [5.41, 5.74) is 1.42. The van der Waals surface area contributed by atoms with Crippen LogP contribution in [0.5, 0.6) is 0 Å². The van der Waals surface area contributed by atoms with Gasteiger partial charge < -0.3 is 5.32 Å². The summed E-state index contributed by atoms with van der Waals surface area (Å²) in [4.78, 5) is 4.53. The fourth-order valence-electron chi connectivity index (χ4n) is 1.71. The van der Waals surface area contributed by atoms with E-state index in [0.717, 1.165) is 17.5 Å². The second-order valence-electron chi connectivity index (χ2n) is 4.62. The molecule has 0 aromatic carbocycles. The molecule has 1 aliphatic rings. The Balaban J connectivity index is 2.02. The normalized spacial score (nSPS) is 17.1. The van der Waals surface area contributed by atoms with Crippen LogP contribution in [-0.2, 0) is 6.42 Å². The topological polar surface area (TPSA) is 24.9 Å². The summed E-state index contributed by atoms with van der Waals surface area (Å²) in [6, 6.07) is 0. The van der Waals surface area contributed by atoms with Gasteiger partial charge in [-0.2, -0.15) is 0 Å². The first-order valence-corrected chi connectivity index (χ1v) is 6.22. The van der Waals surface area contributed by atoms with Crippen LogP contribution in [0.25, 0.3) is 0 Å². The van der Waals surface area contributed by atoms with Gasteiger partial charge in [0.15, 0.2) is 5.13 Å². The molecule has 1 aliphatic carbocycles. The van der Waals surface area contributed by atoms with Crippen LogP contribution in [0.1, 0.15) is 39.3 Å². The third-order valence-corrected chi connectivity index (χ3v) is 3.75. The fourth-order valence-corrected chi connectivity index (χ4v) is 2.67. The van der Waals surface area contributed by atoms with Crippen molar-refractivity contribution in [1.82, 2.24) is 4.98 Å². The number of rotatable bonds is 4. The van der Waals surface area contributed by atoms with Gasteiger partial charge in [-0.25, -0.2) is 4.98 Å². The van der Waals surface area contributed by atoms with Crippen LogP contribution in [0.15, 0.2) is 5.38 Å². The molecule has 2 rings (SSSR count). The molecule has 14 heavy (non-hydrogen) atoms. The first-order chi connectivity index (χ1) is 6.62. The van der Waals surface area contributed by atoms with Gasteiger partial charge in [0.1, 0.15) is 0 Å². The van der Waals surface area contributed by atoms with Crippen molar-refractivity contribution in [2.24, 2.45) is 5.92 Å². The maximum absolute atomic E-state index is 4.53. The number of nitrogens with zero attached hydrogens (tertiary/aromatic N) is 1. The zero-order valence-corrected chi connectivity index (χ0v) is 9.95. The van der Waals surface area contributed by atoms with Crippen molar-refractivity contribution in [3.63, 3.8) is 0 Å². The SMILES string of the molecule is CCc1csc(NC(C)(C)C2CC2)n1. The molecule has 1 saturated carbocycles. The van der Waals surface area contributed by atoms with Crippen LogP contribution in [0, 0.1) is 5.92 Å². The molecule has 1 aromatic rings. The van der Waals surface area contributed by atoms with Gasteiger partial charge in [0.05, 0.1) is 5.69 Å². The van der Waals surface area contributed by atoms with Gasteiger partial charge in [-0.15, -0.1) is 11.3 Å². The van der Waals surface area contributed by atoms with Crippen LogP contribution in [0.4, 0.5) is 5.13 Å². The number of nitrogens with one attached hydrogen (secondary N) is 1. The minimum absolute atomic E-state index is 0.225. The average molecular weight is 210 g/mol. The van der Waals surface area contributed by atoms with E-state index in [9.17, 15) is 0 Å². The van der Waals surface area contributed by atoms with E-state index < -0.39 is 0 Å². The predicted octanol–water partition coefficient (Wildman–Crippen LogP) is 3.31. The minimum Gasteiger partial charge on any atom is -0.356 e. The van der Waals surface area contributed by atoms with Gasteiger partial charge in [0, 0.05) is 10.9 Å². The van der Waals surface area contributed by atoms with E-state index >= 15 is 0 Å². The molecule has 78 valence electrons. The van der Waals surface area contributed by atoms with E-state index in [1.165, 1.54) is 18.5 Å². The molecular weight excluding hydrogens is 192 g/mol.